The average molecular weight is 529 g/mol. The molecule has 1 saturated carbocycles. The lowest BCUT2D eigenvalue weighted by atomic mass is 9.81. The Hall–Kier alpha value is -1.76. The van der Waals surface area contributed by atoms with Gasteiger partial charge in [0.1, 0.15) is 23.4 Å². The summed E-state index contributed by atoms with van der Waals surface area (Å²) < 4.78 is 47.0. The molecule has 0 aliphatic heterocycles. The highest BCUT2D eigenvalue weighted by atomic mass is 31.3. The van der Waals surface area contributed by atoms with Crippen LogP contribution >= 0.6 is 23.5 Å². The van der Waals surface area contributed by atoms with Crippen LogP contribution < -0.4 is 5.73 Å². The summed E-state index contributed by atoms with van der Waals surface area (Å²) in [4.78, 5) is 39.7. The van der Waals surface area contributed by atoms with Gasteiger partial charge in [-0.2, -0.15) is 19.0 Å². The van der Waals surface area contributed by atoms with Gasteiger partial charge in [0.05, 0.1) is 24.5 Å². The molecule has 3 rings (SSSR count). The second-order valence-corrected chi connectivity index (χ2v) is 11.5. The number of aliphatic hydroxyl groups is 2. The monoisotopic (exact) mass is 529 g/mol. The van der Waals surface area contributed by atoms with Gasteiger partial charge >= 0.3 is 23.5 Å². The lowest BCUT2D eigenvalue weighted by molar-refractivity contribution is -0.00608. The SMILES string of the molecule is N#C[C@@]1(c2ccc3c(N)ncnn23)C[C@H](COP(=O)(O)OP(=O)(O)OP(=O)(O)O)[C@H](O)C1O. The number of nitrogens with two attached hydrogens (primary N) is 1. The van der Waals surface area contributed by atoms with Crippen LogP contribution in [0.4, 0.5) is 5.82 Å². The molecule has 0 radical (unpaired) electrons. The summed E-state index contributed by atoms with van der Waals surface area (Å²) in [5, 5.41) is 35.0. The van der Waals surface area contributed by atoms with Gasteiger partial charge in [-0.3, -0.25) is 4.52 Å². The number of phosphoric ester groups is 1. The molecular formula is C13H18N5O12P3. The predicted molar refractivity (Wildman–Crippen MR) is 105 cm³/mol. The Morgan fingerprint density at radius 3 is 2.45 bits per heavy atom. The Morgan fingerprint density at radius 1 is 1.18 bits per heavy atom. The Labute approximate surface area is 184 Å². The molecule has 8 N–H and O–H groups in total. The van der Waals surface area contributed by atoms with Gasteiger partial charge in [-0.05, 0) is 18.6 Å². The molecule has 0 spiro atoms. The number of rotatable bonds is 8. The van der Waals surface area contributed by atoms with Crippen LogP contribution in [0.2, 0.25) is 0 Å². The maximum Gasteiger partial charge on any atom is 0.490 e. The smallest absolute Gasteiger partial charge is 0.390 e. The maximum atomic E-state index is 11.9. The third-order valence-electron chi connectivity index (χ3n) is 4.90. The highest BCUT2D eigenvalue weighted by Gasteiger charge is 2.56. The molecule has 2 heterocycles. The number of fused-ring (bicyclic) bond motifs is 1. The van der Waals surface area contributed by atoms with Gasteiger partial charge in [-0.25, -0.2) is 23.2 Å². The van der Waals surface area contributed by atoms with Crippen LogP contribution in [0.1, 0.15) is 12.1 Å². The first-order chi connectivity index (χ1) is 15.1. The summed E-state index contributed by atoms with van der Waals surface area (Å²) in [6, 6.07) is 4.84. The Kier molecular flexibility index (Phi) is 6.89. The first-order valence-corrected chi connectivity index (χ1v) is 13.3. The fourth-order valence-corrected chi connectivity index (χ4v) is 6.65. The summed E-state index contributed by atoms with van der Waals surface area (Å²) >= 11 is 0. The van der Waals surface area contributed by atoms with E-state index < -0.39 is 53.6 Å². The van der Waals surface area contributed by atoms with E-state index in [4.69, 9.17) is 15.5 Å². The molecule has 0 aromatic carbocycles. The number of hydrogen-bond donors (Lipinski definition) is 7. The summed E-state index contributed by atoms with van der Waals surface area (Å²) in [5.41, 5.74) is 4.46. The van der Waals surface area contributed by atoms with Gasteiger partial charge in [0, 0.05) is 5.92 Å². The van der Waals surface area contributed by atoms with Gasteiger partial charge in [-0.15, -0.1) is 0 Å². The van der Waals surface area contributed by atoms with E-state index in [1.54, 1.807) is 0 Å². The van der Waals surface area contributed by atoms with Crippen LogP contribution in [0.5, 0.6) is 0 Å². The van der Waals surface area contributed by atoms with Gasteiger partial charge in [0.15, 0.2) is 5.82 Å². The van der Waals surface area contributed by atoms with Crippen LogP contribution in [0.25, 0.3) is 5.52 Å². The van der Waals surface area contributed by atoms with E-state index in [0.717, 1.165) is 6.33 Å². The van der Waals surface area contributed by atoms with E-state index in [1.807, 2.05) is 6.07 Å². The second kappa shape index (κ2) is 8.79. The van der Waals surface area contributed by atoms with Crippen molar-refractivity contribution < 1.29 is 56.6 Å². The molecule has 1 aliphatic carbocycles. The first-order valence-electron chi connectivity index (χ1n) is 8.75. The molecule has 1 fully saturated rings. The van der Waals surface area contributed by atoms with E-state index in [2.05, 4.69) is 23.2 Å². The van der Waals surface area contributed by atoms with Crippen molar-refractivity contribution in [2.45, 2.75) is 24.0 Å². The van der Waals surface area contributed by atoms with Crippen molar-refractivity contribution in [2.24, 2.45) is 5.92 Å². The lowest BCUT2D eigenvalue weighted by Gasteiger charge is -2.25. The van der Waals surface area contributed by atoms with Crippen LogP contribution in [-0.4, -0.2) is 63.2 Å². The number of nitrogens with zero attached hydrogens (tertiary/aromatic N) is 4. The van der Waals surface area contributed by atoms with E-state index in [9.17, 15) is 39.0 Å². The van der Waals surface area contributed by atoms with E-state index in [-0.39, 0.29) is 17.9 Å². The van der Waals surface area contributed by atoms with Crippen LogP contribution in [0.15, 0.2) is 18.5 Å². The zero-order valence-electron chi connectivity index (χ0n) is 16.2. The number of aromatic nitrogens is 3. The average Bonchev–Trinajstić information content (AvgIpc) is 3.20. The summed E-state index contributed by atoms with van der Waals surface area (Å²) in [7, 11) is -16.7. The molecule has 3 unspecified atom stereocenters. The van der Waals surface area contributed by atoms with Gasteiger partial charge in [0.25, 0.3) is 0 Å². The highest BCUT2D eigenvalue weighted by Crippen LogP contribution is 2.66. The van der Waals surface area contributed by atoms with Crippen molar-refractivity contribution in [3.63, 3.8) is 0 Å². The number of hydrogen-bond acceptors (Lipinski definition) is 12. The predicted octanol–water partition coefficient (Wildman–Crippen LogP) is -0.842. The molecule has 20 heteroatoms. The maximum absolute atomic E-state index is 11.9. The molecular weight excluding hydrogens is 511 g/mol. The van der Waals surface area contributed by atoms with Crippen molar-refractivity contribution in [3.8, 4) is 6.07 Å². The Bertz CT molecular complexity index is 1240. The molecule has 2 aromatic rings. The van der Waals surface area contributed by atoms with Gasteiger partial charge < -0.3 is 35.5 Å². The number of phosphoric acid groups is 3. The van der Waals surface area contributed by atoms with Crippen LogP contribution in [-0.2, 0) is 32.3 Å². The minimum atomic E-state index is -5.72. The molecule has 33 heavy (non-hydrogen) atoms. The van der Waals surface area contributed by atoms with Crippen molar-refractivity contribution in [2.75, 3.05) is 12.3 Å². The summed E-state index contributed by atoms with van der Waals surface area (Å²) in [6.07, 6.45) is -2.59. The number of nitriles is 1. The van der Waals surface area contributed by atoms with Crippen molar-refractivity contribution >= 4 is 34.8 Å². The number of aliphatic hydroxyl groups excluding tert-OH is 2. The first kappa shape index (κ1) is 25.9. The minimum absolute atomic E-state index is 0.0848. The summed E-state index contributed by atoms with van der Waals surface area (Å²) in [5.74, 6) is -1.09. The Morgan fingerprint density at radius 2 is 1.85 bits per heavy atom. The molecule has 2 aromatic heterocycles. The van der Waals surface area contributed by atoms with Crippen molar-refractivity contribution in [3.05, 3.63) is 24.2 Å². The molecule has 0 bridgehead atoms. The fourth-order valence-electron chi connectivity index (χ4n) is 3.57. The minimum Gasteiger partial charge on any atom is -0.390 e. The highest BCUT2D eigenvalue weighted by molar-refractivity contribution is 7.66. The standard InChI is InChI=1S/C13H18N5O12P3/c14-5-13(9-2-1-8-12(15)16-6-17-18(8)9)3-7(10(19)11(13)20)4-28-32(24,25)30-33(26,27)29-31(21,22)23/h1-2,6-7,10-11,19-20H,3-4H2,(H,24,25)(H,26,27)(H2,15,16,17)(H2,21,22,23)/t7-,10+,11?,13-/m1/s1. The zero-order chi connectivity index (χ0) is 24.8. The quantitative estimate of drug-likeness (QED) is 0.205. The molecule has 1 aliphatic rings. The van der Waals surface area contributed by atoms with E-state index in [0.29, 0.717) is 5.52 Å². The molecule has 0 saturated heterocycles. The van der Waals surface area contributed by atoms with Crippen molar-refractivity contribution in [1.29, 1.82) is 5.26 Å². The topological polar surface area (TPSA) is 280 Å². The largest absolute Gasteiger partial charge is 0.490 e. The number of nitrogen functional groups attached to an aromatic ring is 1. The number of anilines is 1. The van der Waals surface area contributed by atoms with Gasteiger partial charge in [0.2, 0.25) is 0 Å². The fraction of sp³-hybridized carbons (Fsp3) is 0.462. The van der Waals surface area contributed by atoms with Crippen LogP contribution in [0.3, 0.4) is 0 Å². The molecule has 6 atom stereocenters. The second-order valence-electron chi connectivity index (χ2n) is 7.03. The molecule has 0 amide bonds. The van der Waals surface area contributed by atoms with E-state index in [1.165, 1.54) is 16.6 Å². The van der Waals surface area contributed by atoms with Crippen molar-refractivity contribution in [1.82, 2.24) is 14.6 Å². The van der Waals surface area contributed by atoms with E-state index >= 15 is 0 Å². The third kappa shape index (κ3) is 5.33. The Balaban J connectivity index is 1.80. The lowest BCUT2D eigenvalue weighted by Crippen LogP contribution is -2.40. The normalized spacial score (nSPS) is 29.4. The molecule has 17 nitrogen and oxygen atoms in total. The molecule has 182 valence electrons. The zero-order valence-corrected chi connectivity index (χ0v) is 18.9. The van der Waals surface area contributed by atoms with Crippen LogP contribution in [0, 0.1) is 17.2 Å². The summed E-state index contributed by atoms with van der Waals surface area (Å²) in [6.45, 7) is -0.869. The van der Waals surface area contributed by atoms with Gasteiger partial charge in [-0.1, -0.05) is 0 Å². The third-order valence-corrected chi connectivity index (χ3v) is 8.70.